The lowest BCUT2D eigenvalue weighted by Gasteiger charge is -2.01. The van der Waals surface area contributed by atoms with Crippen LogP contribution in [0.4, 0.5) is 0 Å². The number of nitriles is 1. The normalized spacial score (nSPS) is 15.7. The minimum atomic E-state index is -0.455. The third kappa shape index (κ3) is 1.82. The van der Waals surface area contributed by atoms with Gasteiger partial charge >= 0.3 is 0 Å². The van der Waals surface area contributed by atoms with Gasteiger partial charge in [0.15, 0.2) is 5.78 Å². The monoisotopic (exact) mass is 219 g/mol. The molecule has 1 heterocycles. The number of hydrogen-bond donors (Lipinski definition) is 0. The number of ketones is 1. The molecule has 0 fully saturated rings. The van der Waals surface area contributed by atoms with Gasteiger partial charge < -0.3 is 0 Å². The number of Topliss-reactive ketones (excluding diaryl/α,β-unsaturated/α-hetero) is 1. The van der Waals surface area contributed by atoms with Crippen molar-refractivity contribution in [3.05, 3.63) is 21.4 Å². The highest BCUT2D eigenvalue weighted by atomic mass is 32.1. The van der Waals surface area contributed by atoms with E-state index in [2.05, 4.69) is 6.07 Å². The van der Waals surface area contributed by atoms with Gasteiger partial charge in [-0.3, -0.25) is 4.79 Å². The Bertz CT molecular complexity index is 406. The lowest BCUT2D eigenvalue weighted by Crippen LogP contribution is -2.10. The minimum Gasteiger partial charge on any atom is -0.292 e. The molecular weight excluding hydrogens is 206 g/mol. The van der Waals surface area contributed by atoms with E-state index in [0.717, 1.165) is 17.7 Å². The summed E-state index contributed by atoms with van der Waals surface area (Å²) in [7, 11) is 0. The fourth-order valence-electron chi connectivity index (χ4n) is 1.96. The lowest BCUT2D eigenvalue weighted by atomic mass is 10.0. The first-order valence-electron chi connectivity index (χ1n) is 5.31. The summed E-state index contributed by atoms with van der Waals surface area (Å²) in [6.45, 7) is 1.88. The molecule has 0 radical (unpaired) electrons. The molecule has 2 nitrogen and oxygen atoms in total. The van der Waals surface area contributed by atoms with Crippen molar-refractivity contribution >= 4 is 17.1 Å². The fraction of sp³-hybridized carbons (Fsp3) is 0.500. The Morgan fingerprint density at radius 3 is 3.07 bits per heavy atom. The first-order valence-corrected chi connectivity index (χ1v) is 6.13. The zero-order valence-corrected chi connectivity index (χ0v) is 9.56. The molecule has 78 valence electrons. The van der Waals surface area contributed by atoms with Gasteiger partial charge in [-0.2, -0.15) is 5.26 Å². The molecule has 0 saturated carbocycles. The predicted molar refractivity (Wildman–Crippen MR) is 60.1 cm³/mol. The van der Waals surface area contributed by atoms with Gasteiger partial charge in [-0.1, -0.05) is 6.92 Å². The molecule has 0 spiro atoms. The number of aryl methyl sites for hydroxylation is 2. The van der Waals surface area contributed by atoms with Crippen molar-refractivity contribution in [3.63, 3.8) is 0 Å². The Morgan fingerprint density at radius 2 is 2.47 bits per heavy atom. The molecule has 0 N–H and O–H groups in total. The number of carbonyl (C=O) groups excluding carboxylic acids is 1. The second-order valence-corrected chi connectivity index (χ2v) is 5.00. The van der Waals surface area contributed by atoms with Gasteiger partial charge in [0.2, 0.25) is 0 Å². The third-order valence-electron chi connectivity index (χ3n) is 2.87. The van der Waals surface area contributed by atoms with Gasteiger partial charge in [-0.15, -0.1) is 11.3 Å². The standard InChI is InChI=1S/C12H13NOS/c1-2-8(7-13)12(14)11-6-9-4-3-5-10(9)15-11/h6,8H,2-5H2,1H3. The van der Waals surface area contributed by atoms with Gasteiger partial charge in [0.1, 0.15) is 5.92 Å². The first-order chi connectivity index (χ1) is 7.26. The van der Waals surface area contributed by atoms with Crippen molar-refractivity contribution in [1.82, 2.24) is 0 Å². The van der Waals surface area contributed by atoms with Crippen molar-refractivity contribution in [2.75, 3.05) is 0 Å². The van der Waals surface area contributed by atoms with Crippen LogP contribution in [0.1, 0.15) is 39.9 Å². The van der Waals surface area contributed by atoms with Crippen LogP contribution >= 0.6 is 11.3 Å². The quantitative estimate of drug-likeness (QED) is 0.733. The van der Waals surface area contributed by atoms with Gasteiger partial charge in [0, 0.05) is 4.88 Å². The number of hydrogen-bond acceptors (Lipinski definition) is 3. The fourth-order valence-corrected chi connectivity index (χ4v) is 3.21. The Morgan fingerprint density at radius 1 is 1.67 bits per heavy atom. The average molecular weight is 219 g/mol. The highest BCUT2D eigenvalue weighted by Gasteiger charge is 2.23. The van der Waals surface area contributed by atoms with E-state index in [-0.39, 0.29) is 5.78 Å². The van der Waals surface area contributed by atoms with Crippen LogP contribution < -0.4 is 0 Å². The van der Waals surface area contributed by atoms with Crippen LogP contribution in [0.25, 0.3) is 0 Å². The van der Waals surface area contributed by atoms with Crippen molar-refractivity contribution in [1.29, 1.82) is 5.26 Å². The molecular formula is C12H13NOS. The summed E-state index contributed by atoms with van der Waals surface area (Å²) in [4.78, 5) is 14.0. The van der Waals surface area contributed by atoms with Crippen LogP contribution in [0, 0.1) is 17.2 Å². The maximum absolute atomic E-state index is 11.9. The molecule has 15 heavy (non-hydrogen) atoms. The number of fused-ring (bicyclic) bond motifs is 1. The molecule has 1 atom stereocenters. The Kier molecular flexibility index (Phi) is 2.88. The van der Waals surface area contributed by atoms with E-state index in [1.807, 2.05) is 13.0 Å². The molecule has 1 aromatic heterocycles. The number of nitrogens with zero attached hydrogens (tertiary/aromatic N) is 1. The molecule has 1 aromatic rings. The van der Waals surface area contributed by atoms with E-state index >= 15 is 0 Å². The smallest absolute Gasteiger partial charge is 0.189 e. The van der Waals surface area contributed by atoms with E-state index in [1.54, 1.807) is 11.3 Å². The van der Waals surface area contributed by atoms with Gasteiger partial charge in [-0.25, -0.2) is 0 Å². The Labute approximate surface area is 93.5 Å². The van der Waals surface area contributed by atoms with Crippen LogP contribution in [-0.2, 0) is 12.8 Å². The van der Waals surface area contributed by atoms with Gasteiger partial charge in [0.05, 0.1) is 10.9 Å². The summed E-state index contributed by atoms with van der Waals surface area (Å²) in [6, 6.07) is 4.07. The second-order valence-electron chi connectivity index (χ2n) is 3.87. The van der Waals surface area contributed by atoms with Gasteiger partial charge in [0.25, 0.3) is 0 Å². The van der Waals surface area contributed by atoms with Crippen LogP contribution in [0.2, 0.25) is 0 Å². The Balaban J connectivity index is 2.23. The van der Waals surface area contributed by atoms with E-state index in [4.69, 9.17) is 5.26 Å². The molecule has 2 rings (SSSR count). The SMILES string of the molecule is CCC(C#N)C(=O)c1cc2c(s1)CCC2. The van der Waals surface area contributed by atoms with Crippen molar-refractivity contribution in [3.8, 4) is 6.07 Å². The van der Waals surface area contributed by atoms with Crippen molar-refractivity contribution < 1.29 is 4.79 Å². The molecule has 3 heteroatoms. The first kappa shape index (κ1) is 10.4. The van der Waals surface area contributed by atoms with Crippen LogP contribution in [-0.4, -0.2) is 5.78 Å². The number of thiophene rings is 1. The highest BCUT2D eigenvalue weighted by Crippen LogP contribution is 2.32. The Hall–Kier alpha value is -1.14. The number of rotatable bonds is 3. The lowest BCUT2D eigenvalue weighted by molar-refractivity contribution is 0.0950. The second kappa shape index (κ2) is 4.16. The van der Waals surface area contributed by atoms with Gasteiger partial charge in [-0.05, 0) is 37.3 Å². The summed E-state index contributed by atoms with van der Waals surface area (Å²) in [5, 5.41) is 8.84. The highest BCUT2D eigenvalue weighted by molar-refractivity contribution is 7.14. The maximum Gasteiger partial charge on any atom is 0.189 e. The predicted octanol–water partition coefficient (Wildman–Crippen LogP) is 2.97. The van der Waals surface area contributed by atoms with E-state index in [1.165, 1.54) is 16.9 Å². The average Bonchev–Trinajstić information content (AvgIpc) is 2.78. The largest absolute Gasteiger partial charge is 0.292 e. The van der Waals surface area contributed by atoms with E-state index in [9.17, 15) is 4.79 Å². The molecule has 0 aliphatic heterocycles. The van der Waals surface area contributed by atoms with E-state index in [0.29, 0.717) is 6.42 Å². The molecule has 0 aromatic carbocycles. The van der Waals surface area contributed by atoms with Crippen molar-refractivity contribution in [2.24, 2.45) is 5.92 Å². The summed E-state index contributed by atoms with van der Waals surface area (Å²) < 4.78 is 0. The zero-order valence-electron chi connectivity index (χ0n) is 8.75. The van der Waals surface area contributed by atoms with E-state index < -0.39 is 5.92 Å². The van der Waals surface area contributed by atoms with Crippen LogP contribution in [0.3, 0.4) is 0 Å². The molecule has 0 amide bonds. The summed E-state index contributed by atoms with van der Waals surface area (Å²) in [6.07, 6.45) is 4.03. The topological polar surface area (TPSA) is 40.9 Å². The number of carbonyl (C=O) groups is 1. The summed E-state index contributed by atoms with van der Waals surface area (Å²) in [5.74, 6) is -0.442. The molecule has 1 aliphatic carbocycles. The van der Waals surface area contributed by atoms with Crippen LogP contribution in [0.15, 0.2) is 6.07 Å². The molecule has 1 aliphatic rings. The minimum absolute atomic E-state index is 0.0133. The molecule has 0 bridgehead atoms. The van der Waals surface area contributed by atoms with Crippen LogP contribution in [0.5, 0.6) is 0 Å². The maximum atomic E-state index is 11.9. The summed E-state index contributed by atoms with van der Waals surface area (Å²) in [5.41, 5.74) is 1.33. The third-order valence-corrected chi connectivity index (χ3v) is 4.12. The molecule has 0 saturated heterocycles. The summed E-state index contributed by atoms with van der Waals surface area (Å²) >= 11 is 1.59. The zero-order chi connectivity index (χ0) is 10.8. The molecule has 1 unspecified atom stereocenters. The van der Waals surface area contributed by atoms with Crippen molar-refractivity contribution in [2.45, 2.75) is 32.6 Å².